The lowest BCUT2D eigenvalue weighted by atomic mass is 9.76. The second-order valence-electron chi connectivity index (χ2n) is 9.63. The highest BCUT2D eigenvalue weighted by molar-refractivity contribution is 8.93. The van der Waals surface area contributed by atoms with E-state index in [0.717, 1.165) is 28.9 Å². The quantitative estimate of drug-likeness (QED) is 0.484. The number of carbonyl (C=O) groups excluding carboxylic acids is 2. The molecule has 0 fully saturated rings. The number of pyridine rings is 1. The van der Waals surface area contributed by atoms with Crippen LogP contribution in [0.4, 0.5) is 5.69 Å². The van der Waals surface area contributed by atoms with Gasteiger partial charge in [0.15, 0.2) is 5.78 Å². The van der Waals surface area contributed by atoms with Gasteiger partial charge in [0.2, 0.25) is 5.91 Å². The van der Waals surface area contributed by atoms with E-state index in [1.165, 1.54) is 0 Å². The van der Waals surface area contributed by atoms with Crippen LogP contribution in [0.1, 0.15) is 72.9 Å². The molecule has 1 amide bonds. The molecule has 2 aromatic rings. The topological polar surface area (TPSA) is 115 Å². The number of aryl methyl sites for hydroxylation is 1. The molecule has 0 saturated heterocycles. The normalized spacial score (nSPS) is 16.0. The van der Waals surface area contributed by atoms with Crippen LogP contribution in [0.3, 0.4) is 0 Å². The summed E-state index contributed by atoms with van der Waals surface area (Å²) in [6.07, 6.45) is 1.45. The molecule has 8 nitrogen and oxygen atoms in total. The van der Waals surface area contributed by atoms with Crippen molar-refractivity contribution in [2.75, 3.05) is 18.0 Å². The van der Waals surface area contributed by atoms with Crippen molar-refractivity contribution in [1.29, 1.82) is 5.41 Å². The number of fused-ring (bicyclic) bond motifs is 2. The van der Waals surface area contributed by atoms with Crippen molar-refractivity contribution in [3.05, 3.63) is 58.4 Å². The summed E-state index contributed by atoms with van der Waals surface area (Å²) < 4.78 is 0. The van der Waals surface area contributed by atoms with Gasteiger partial charge in [-0.2, -0.15) is 0 Å². The molecular weight excluding hydrogens is 512 g/mol. The minimum Gasteiger partial charge on any atom is -0.481 e. The van der Waals surface area contributed by atoms with Gasteiger partial charge in [0.05, 0.1) is 6.54 Å². The molecular formula is C26H31BrN4O4. The molecule has 2 aliphatic rings. The van der Waals surface area contributed by atoms with Crippen LogP contribution in [-0.2, 0) is 28.0 Å². The predicted molar refractivity (Wildman–Crippen MR) is 139 cm³/mol. The van der Waals surface area contributed by atoms with E-state index in [0.29, 0.717) is 37.2 Å². The Kier molecular flexibility index (Phi) is 7.79. The molecule has 2 N–H and O–H groups in total. The number of hydrogen-bond donors (Lipinski definition) is 2. The van der Waals surface area contributed by atoms with Gasteiger partial charge >= 0.3 is 5.97 Å². The van der Waals surface area contributed by atoms with Gasteiger partial charge in [0.1, 0.15) is 11.5 Å². The third-order valence-corrected chi connectivity index (χ3v) is 6.64. The highest BCUT2D eigenvalue weighted by Gasteiger charge is 2.37. The van der Waals surface area contributed by atoms with Crippen LogP contribution in [0, 0.1) is 5.41 Å². The first-order valence-electron chi connectivity index (χ1n) is 11.6. The smallest absolute Gasteiger partial charge is 0.303 e. The summed E-state index contributed by atoms with van der Waals surface area (Å²) >= 11 is 0. The first kappa shape index (κ1) is 26.5. The highest BCUT2D eigenvalue weighted by atomic mass is 79.9. The fraction of sp³-hybridized carbons (Fsp3) is 0.423. The van der Waals surface area contributed by atoms with Gasteiger partial charge in [-0.1, -0.05) is 26.8 Å². The number of nitrogens with one attached hydrogen (secondary N) is 1. The number of amidine groups is 1. The number of ketones is 1. The number of nitrogens with zero attached hydrogens (tertiary/aromatic N) is 3. The van der Waals surface area contributed by atoms with Crippen LogP contribution in [-0.4, -0.2) is 51.6 Å². The zero-order valence-electron chi connectivity index (χ0n) is 20.3. The maximum absolute atomic E-state index is 13.2. The predicted octanol–water partition coefficient (Wildman–Crippen LogP) is 4.12. The number of aromatic nitrogens is 1. The van der Waals surface area contributed by atoms with Crippen LogP contribution >= 0.6 is 17.0 Å². The zero-order chi connectivity index (χ0) is 24.6. The van der Waals surface area contributed by atoms with E-state index in [1.807, 2.05) is 39.0 Å². The van der Waals surface area contributed by atoms with E-state index in [4.69, 9.17) is 10.5 Å². The summed E-state index contributed by atoms with van der Waals surface area (Å²) in [6, 6.07) is 9.32. The van der Waals surface area contributed by atoms with E-state index in [9.17, 15) is 14.4 Å². The number of anilines is 1. The first-order valence-corrected chi connectivity index (χ1v) is 11.6. The Morgan fingerprint density at radius 3 is 2.63 bits per heavy atom. The molecule has 3 heterocycles. The Labute approximate surface area is 215 Å². The molecule has 0 bridgehead atoms. The van der Waals surface area contributed by atoms with Crippen molar-refractivity contribution >= 4 is 46.2 Å². The van der Waals surface area contributed by atoms with Gasteiger partial charge in [-0.3, -0.25) is 19.8 Å². The second kappa shape index (κ2) is 10.3. The van der Waals surface area contributed by atoms with Gasteiger partial charge in [0.25, 0.3) is 0 Å². The van der Waals surface area contributed by atoms with Crippen molar-refractivity contribution < 1.29 is 19.5 Å². The van der Waals surface area contributed by atoms with E-state index < -0.39 is 11.4 Å². The minimum atomic E-state index is -0.887. The first-order chi connectivity index (χ1) is 16.1. The lowest BCUT2D eigenvalue weighted by Crippen LogP contribution is -2.42. The van der Waals surface area contributed by atoms with Crippen molar-refractivity contribution in [2.24, 2.45) is 0 Å². The third kappa shape index (κ3) is 5.29. The summed E-state index contributed by atoms with van der Waals surface area (Å²) in [5, 5.41) is 17.4. The fourth-order valence-corrected chi connectivity index (χ4v) is 4.72. The number of carbonyl (C=O) groups is 3. The summed E-state index contributed by atoms with van der Waals surface area (Å²) in [5.41, 5.74) is 4.27. The number of Topliss-reactive ketones (excluding diaryl/α,β-unsaturated/α-hetero) is 1. The Bertz CT molecular complexity index is 1190. The standard InChI is InChI=1S/C26H30N4O4.BrH/c1-4-18-9-7-17-14-29(25(27)24(17)28-18)15-21(31)16-8-10-20-19(12-16)26(2,3)13-22(32)30(20)11-5-6-23(33)34;/h7-10,12,27H,4-6,11,13-15H2,1-3H3,(H,33,34);1H. The molecule has 1 aromatic carbocycles. The summed E-state index contributed by atoms with van der Waals surface area (Å²) in [4.78, 5) is 44.8. The number of amides is 1. The largest absolute Gasteiger partial charge is 0.481 e. The Morgan fingerprint density at radius 1 is 1.20 bits per heavy atom. The van der Waals surface area contributed by atoms with Gasteiger partial charge < -0.3 is 14.9 Å². The molecule has 0 saturated carbocycles. The van der Waals surface area contributed by atoms with Crippen LogP contribution in [0.15, 0.2) is 30.3 Å². The number of carboxylic acid groups (broad SMARTS) is 1. The molecule has 9 heteroatoms. The SMILES string of the molecule is Br.CCc1ccc2c(n1)C(=N)N(CC(=O)c1ccc3c(c1)C(C)(C)CC(=O)N3CCCC(=O)O)C2. The highest BCUT2D eigenvalue weighted by Crippen LogP contribution is 2.41. The van der Waals surface area contributed by atoms with E-state index in [2.05, 4.69) is 4.98 Å². The number of hydrogen-bond acceptors (Lipinski definition) is 5. The lowest BCUT2D eigenvalue weighted by Gasteiger charge is -2.39. The molecule has 0 spiro atoms. The average molecular weight is 543 g/mol. The molecule has 0 unspecified atom stereocenters. The molecule has 4 rings (SSSR count). The number of benzene rings is 1. The summed E-state index contributed by atoms with van der Waals surface area (Å²) in [7, 11) is 0. The Morgan fingerprint density at radius 2 is 1.94 bits per heavy atom. The third-order valence-electron chi connectivity index (χ3n) is 6.64. The van der Waals surface area contributed by atoms with Crippen molar-refractivity contribution in [3.63, 3.8) is 0 Å². The lowest BCUT2D eigenvalue weighted by molar-refractivity contribution is -0.137. The molecule has 186 valence electrons. The number of aliphatic carboxylic acids is 1. The Hall–Kier alpha value is -3.07. The van der Waals surface area contributed by atoms with Crippen LogP contribution in [0.25, 0.3) is 0 Å². The second-order valence-corrected chi connectivity index (χ2v) is 9.63. The van der Waals surface area contributed by atoms with E-state index in [1.54, 1.807) is 21.9 Å². The summed E-state index contributed by atoms with van der Waals surface area (Å²) in [5.74, 6) is -0.751. The van der Waals surface area contributed by atoms with Crippen LogP contribution < -0.4 is 4.90 Å². The van der Waals surface area contributed by atoms with Crippen molar-refractivity contribution in [2.45, 2.75) is 58.4 Å². The van der Waals surface area contributed by atoms with Gasteiger partial charge in [-0.05, 0) is 42.7 Å². The molecule has 0 atom stereocenters. The Balaban J connectivity index is 0.00000342. The number of halogens is 1. The summed E-state index contributed by atoms with van der Waals surface area (Å²) in [6.45, 7) is 6.88. The van der Waals surface area contributed by atoms with E-state index in [-0.39, 0.29) is 47.5 Å². The molecule has 0 aliphatic carbocycles. The maximum Gasteiger partial charge on any atom is 0.303 e. The van der Waals surface area contributed by atoms with Gasteiger partial charge in [-0.25, -0.2) is 4.98 Å². The number of carboxylic acids is 1. The monoisotopic (exact) mass is 542 g/mol. The van der Waals surface area contributed by atoms with Gasteiger partial charge in [-0.15, -0.1) is 17.0 Å². The average Bonchev–Trinajstić information content (AvgIpc) is 3.09. The molecule has 0 radical (unpaired) electrons. The van der Waals surface area contributed by atoms with Crippen molar-refractivity contribution in [3.8, 4) is 0 Å². The van der Waals surface area contributed by atoms with Crippen LogP contribution in [0.5, 0.6) is 0 Å². The molecule has 35 heavy (non-hydrogen) atoms. The van der Waals surface area contributed by atoms with Crippen LogP contribution in [0.2, 0.25) is 0 Å². The maximum atomic E-state index is 13.2. The minimum absolute atomic E-state index is 0. The van der Waals surface area contributed by atoms with E-state index >= 15 is 0 Å². The zero-order valence-corrected chi connectivity index (χ0v) is 22.0. The van der Waals surface area contributed by atoms with Crippen molar-refractivity contribution in [1.82, 2.24) is 9.88 Å². The molecule has 2 aliphatic heterocycles. The number of rotatable bonds is 8. The van der Waals surface area contributed by atoms with Gasteiger partial charge in [0, 0.05) is 53.9 Å². The molecule has 1 aromatic heterocycles. The fourth-order valence-electron chi connectivity index (χ4n) is 4.72.